The molecule has 2 amide bonds. The van der Waals surface area contributed by atoms with E-state index in [1.54, 1.807) is 24.3 Å². The fourth-order valence-electron chi connectivity index (χ4n) is 2.59. The van der Waals surface area contributed by atoms with E-state index >= 15 is 0 Å². The monoisotopic (exact) mass is 314 g/mol. The lowest BCUT2D eigenvalue weighted by Gasteiger charge is -2.18. The van der Waals surface area contributed by atoms with Crippen LogP contribution in [0.3, 0.4) is 0 Å². The van der Waals surface area contributed by atoms with Gasteiger partial charge in [-0.1, -0.05) is 35.9 Å². The second-order valence-electron chi connectivity index (χ2n) is 5.27. The van der Waals surface area contributed by atoms with Gasteiger partial charge in [-0.25, -0.2) is 4.90 Å². The minimum Gasteiger partial charge on any atom is -0.373 e. The average Bonchev–Trinajstić information content (AvgIpc) is 2.74. The Balaban J connectivity index is 1.84. The average molecular weight is 315 g/mol. The van der Waals surface area contributed by atoms with Crippen molar-refractivity contribution in [3.8, 4) is 0 Å². The Bertz CT molecular complexity index is 745. The van der Waals surface area contributed by atoms with E-state index in [1.807, 2.05) is 31.2 Å². The minimum atomic E-state index is -0.564. The van der Waals surface area contributed by atoms with Gasteiger partial charge in [-0.15, -0.1) is 0 Å². The van der Waals surface area contributed by atoms with E-state index in [4.69, 9.17) is 11.6 Å². The lowest BCUT2D eigenvalue weighted by atomic mass is 10.2. The smallest absolute Gasteiger partial charge is 0.256 e. The van der Waals surface area contributed by atoms with Crippen LogP contribution in [0.25, 0.3) is 0 Å². The number of hydrogen-bond donors (Lipinski definition) is 1. The molecule has 1 aliphatic rings. The van der Waals surface area contributed by atoms with Crippen molar-refractivity contribution in [1.29, 1.82) is 0 Å². The molecule has 1 heterocycles. The van der Waals surface area contributed by atoms with Crippen LogP contribution in [-0.4, -0.2) is 17.9 Å². The number of anilines is 2. The number of nitrogens with one attached hydrogen (secondary N) is 1. The van der Waals surface area contributed by atoms with Crippen LogP contribution in [0.15, 0.2) is 48.5 Å². The van der Waals surface area contributed by atoms with Gasteiger partial charge in [0.1, 0.15) is 6.04 Å². The summed E-state index contributed by atoms with van der Waals surface area (Å²) in [5.74, 6) is -0.432. The summed E-state index contributed by atoms with van der Waals surface area (Å²) < 4.78 is 0. The first-order chi connectivity index (χ1) is 10.6. The SMILES string of the molecule is Cc1ccccc1N1C(=O)C[C@H](Nc2cccc(Cl)c2)C1=O. The number of imide groups is 1. The summed E-state index contributed by atoms with van der Waals surface area (Å²) >= 11 is 5.94. The van der Waals surface area contributed by atoms with Gasteiger partial charge in [-0.2, -0.15) is 0 Å². The van der Waals surface area contributed by atoms with Crippen LogP contribution in [-0.2, 0) is 9.59 Å². The molecule has 4 nitrogen and oxygen atoms in total. The Morgan fingerprint density at radius 2 is 1.91 bits per heavy atom. The number of carbonyl (C=O) groups excluding carboxylic acids is 2. The van der Waals surface area contributed by atoms with E-state index in [1.165, 1.54) is 4.90 Å². The third kappa shape index (κ3) is 2.70. The first-order valence-corrected chi connectivity index (χ1v) is 7.38. The summed E-state index contributed by atoms with van der Waals surface area (Å²) in [7, 11) is 0. The molecule has 2 aromatic rings. The Labute approximate surface area is 133 Å². The van der Waals surface area contributed by atoms with Crippen LogP contribution < -0.4 is 10.2 Å². The first-order valence-electron chi connectivity index (χ1n) is 7.01. The van der Waals surface area contributed by atoms with E-state index in [2.05, 4.69) is 5.32 Å². The van der Waals surface area contributed by atoms with E-state index in [-0.39, 0.29) is 18.2 Å². The molecule has 1 aliphatic heterocycles. The van der Waals surface area contributed by atoms with Crippen molar-refractivity contribution in [3.05, 3.63) is 59.1 Å². The van der Waals surface area contributed by atoms with Gasteiger partial charge in [0, 0.05) is 10.7 Å². The Kier molecular flexibility index (Phi) is 3.86. The van der Waals surface area contributed by atoms with Crippen molar-refractivity contribution in [2.45, 2.75) is 19.4 Å². The molecule has 0 radical (unpaired) electrons. The standard InChI is InChI=1S/C17H15ClN2O2/c1-11-5-2-3-8-15(11)20-16(21)10-14(17(20)22)19-13-7-4-6-12(18)9-13/h2-9,14,19H,10H2,1H3/t14-/m0/s1. The number of para-hydroxylation sites is 1. The van der Waals surface area contributed by atoms with Gasteiger partial charge in [-0.3, -0.25) is 9.59 Å². The van der Waals surface area contributed by atoms with Gasteiger partial charge in [0.05, 0.1) is 12.1 Å². The largest absolute Gasteiger partial charge is 0.373 e. The Morgan fingerprint density at radius 1 is 1.14 bits per heavy atom. The number of benzene rings is 2. The van der Waals surface area contributed by atoms with Gasteiger partial charge in [0.15, 0.2) is 0 Å². The molecule has 3 rings (SSSR count). The highest BCUT2D eigenvalue weighted by Gasteiger charge is 2.40. The molecular weight excluding hydrogens is 300 g/mol. The molecule has 1 fully saturated rings. The summed E-state index contributed by atoms with van der Waals surface area (Å²) in [4.78, 5) is 26.1. The summed E-state index contributed by atoms with van der Waals surface area (Å²) in [6.45, 7) is 1.88. The number of rotatable bonds is 3. The Morgan fingerprint density at radius 3 is 2.64 bits per heavy atom. The maximum Gasteiger partial charge on any atom is 0.256 e. The number of aryl methyl sites for hydroxylation is 1. The molecule has 0 aromatic heterocycles. The molecule has 2 aromatic carbocycles. The fraction of sp³-hybridized carbons (Fsp3) is 0.176. The zero-order valence-electron chi connectivity index (χ0n) is 12.0. The fourth-order valence-corrected chi connectivity index (χ4v) is 2.78. The van der Waals surface area contributed by atoms with Gasteiger partial charge in [-0.05, 0) is 36.8 Å². The molecule has 0 aliphatic carbocycles. The molecule has 112 valence electrons. The molecule has 1 saturated heterocycles. The lowest BCUT2D eigenvalue weighted by Crippen LogP contribution is -2.35. The number of hydrogen-bond acceptors (Lipinski definition) is 3. The number of carbonyl (C=O) groups is 2. The minimum absolute atomic E-state index is 0.139. The first kappa shape index (κ1) is 14.6. The highest BCUT2D eigenvalue weighted by Crippen LogP contribution is 2.27. The number of nitrogens with zero attached hydrogens (tertiary/aromatic N) is 1. The van der Waals surface area contributed by atoms with Crippen LogP contribution in [0.4, 0.5) is 11.4 Å². The van der Waals surface area contributed by atoms with Crippen molar-refractivity contribution in [2.24, 2.45) is 0 Å². The van der Waals surface area contributed by atoms with Crippen molar-refractivity contribution >= 4 is 34.8 Å². The number of amides is 2. The summed E-state index contributed by atoms with van der Waals surface area (Å²) in [5.41, 5.74) is 2.27. The molecule has 1 N–H and O–H groups in total. The molecule has 1 atom stereocenters. The van der Waals surface area contributed by atoms with E-state index < -0.39 is 6.04 Å². The van der Waals surface area contributed by atoms with Crippen LogP contribution in [0.2, 0.25) is 5.02 Å². The molecule has 22 heavy (non-hydrogen) atoms. The topological polar surface area (TPSA) is 49.4 Å². The van der Waals surface area contributed by atoms with Crippen molar-refractivity contribution in [1.82, 2.24) is 0 Å². The highest BCUT2D eigenvalue weighted by atomic mass is 35.5. The van der Waals surface area contributed by atoms with Crippen LogP contribution in [0.1, 0.15) is 12.0 Å². The zero-order valence-corrected chi connectivity index (χ0v) is 12.8. The Hall–Kier alpha value is -2.33. The van der Waals surface area contributed by atoms with Gasteiger partial charge >= 0.3 is 0 Å². The van der Waals surface area contributed by atoms with E-state index in [0.29, 0.717) is 10.7 Å². The maximum atomic E-state index is 12.6. The lowest BCUT2D eigenvalue weighted by molar-refractivity contribution is -0.121. The van der Waals surface area contributed by atoms with Crippen molar-refractivity contribution < 1.29 is 9.59 Å². The quantitative estimate of drug-likeness (QED) is 0.883. The molecule has 5 heteroatoms. The van der Waals surface area contributed by atoms with Crippen LogP contribution in [0.5, 0.6) is 0 Å². The van der Waals surface area contributed by atoms with Gasteiger partial charge < -0.3 is 5.32 Å². The van der Waals surface area contributed by atoms with Crippen molar-refractivity contribution in [2.75, 3.05) is 10.2 Å². The number of halogens is 1. The zero-order chi connectivity index (χ0) is 15.7. The maximum absolute atomic E-state index is 12.6. The van der Waals surface area contributed by atoms with Crippen molar-refractivity contribution in [3.63, 3.8) is 0 Å². The predicted octanol–water partition coefficient (Wildman–Crippen LogP) is 3.39. The van der Waals surface area contributed by atoms with Crippen LogP contribution >= 0.6 is 11.6 Å². The summed E-state index contributed by atoms with van der Waals surface area (Å²) in [6, 6.07) is 13.9. The van der Waals surface area contributed by atoms with Crippen LogP contribution in [0, 0.1) is 6.92 Å². The second kappa shape index (κ2) is 5.81. The second-order valence-corrected chi connectivity index (χ2v) is 5.70. The summed E-state index contributed by atoms with van der Waals surface area (Å²) in [6.07, 6.45) is 0.139. The molecule has 0 saturated carbocycles. The predicted molar refractivity (Wildman–Crippen MR) is 87.2 cm³/mol. The van der Waals surface area contributed by atoms with E-state index in [9.17, 15) is 9.59 Å². The summed E-state index contributed by atoms with van der Waals surface area (Å²) in [5, 5.41) is 3.67. The third-order valence-corrected chi connectivity index (χ3v) is 3.90. The van der Waals surface area contributed by atoms with Gasteiger partial charge in [0.2, 0.25) is 5.91 Å². The highest BCUT2D eigenvalue weighted by molar-refractivity contribution is 6.30. The molecule has 0 spiro atoms. The normalized spacial score (nSPS) is 17.9. The molecule has 0 bridgehead atoms. The van der Waals surface area contributed by atoms with Gasteiger partial charge in [0.25, 0.3) is 5.91 Å². The molecule has 0 unspecified atom stereocenters. The third-order valence-electron chi connectivity index (χ3n) is 3.67. The molecular formula is C17H15ClN2O2. The van der Waals surface area contributed by atoms with E-state index in [0.717, 1.165) is 11.3 Å².